The predicted molar refractivity (Wildman–Crippen MR) is 478 cm³/mol. The predicted octanol–water partition coefficient (Wildman–Crippen LogP) is -1.42. The number of primary amides is 2. The van der Waals surface area contributed by atoms with Gasteiger partial charge in [-0.1, -0.05) is 116 Å². The zero-order chi connectivity index (χ0) is 95.5. The van der Waals surface area contributed by atoms with E-state index < -0.39 is 237 Å². The second kappa shape index (κ2) is 48.8. The average Bonchev–Trinajstić information content (AvgIpc) is 1.58. The number of aromatic nitrogens is 2. The summed E-state index contributed by atoms with van der Waals surface area (Å²) in [6, 6.07) is 0.490. The lowest BCUT2D eigenvalue weighted by Crippen LogP contribution is -2.61. The Bertz CT molecular complexity index is 4840. The first-order valence-corrected chi connectivity index (χ1v) is 44.5. The molecule has 3 aliphatic rings. The van der Waals surface area contributed by atoms with E-state index in [0.717, 1.165) is 14.7 Å². The Morgan fingerprint density at radius 2 is 1.07 bits per heavy atom. The maximum atomic E-state index is 15.8. The molecule has 0 bridgehead atoms. The fraction of sp³-hybridized carbons (Fsp3) is 0.567. The first-order chi connectivity index (χ1) is 61.8. The van der Waals surface area contributed by atoms with Gasteiger partial charge in [-0.2, -0.15) is 0 Å². The van der Waals surface area contributed by atoms with Crippen LogP contribution in [0.1, 0.15) is 155 Å². The Balaban J connectivity index is 1.18. The fourth-order valence-corrected chi connectivity index (χ4v) is 16.6. The van der Waals surface area contributed by atoms with E-state index in [1.807, 2.05) is 38.1 Å². The number of nitrogens with one attached hydrogen (secondary N) is 11. The second-order valence-electron chi connectivity index (χ2n) is 34.8. The lowest BCUT2D eigenvalue weighted by atomic mass is 9.90. The van der Waals surface area contributed by atoms with Gasteiger partial charge < -0.3 is 120 Å². The van der Waals surface area contributed by atoms with Gasteiger partial charge in [-0.3, -0.25) is 81.5 Å². The molecule has 15 atom stereocenters. The standard InChI is InChI=1S/C90H130N20O20/c1-11-13-24-70-84(123)100-63(34-49(3)4)82(121)105-69(80(119)97-45-76(94)115)47-130-48-77(116)98-65(36-52-27-29-56(111)30-28-52)86(125)106(8)51(7)78(117)101-67(41-75(93)114)88(127)109-33-19-26-71(109)85(124)104-68(42-92)83(122)102-64(35-50(5)6)89(128)110-46-57(112)40-73(110)74(113)39-53(37-54-43-95-60-22-17-15-20-58(54)60)79(118)99-62(31-32-91)81(120)103-66(38-55-44-96-61-23-18-16-21-59(55)61)87(126)108(10)72(25-14-12-2)90(129)107(70)9/h15-18,20-23,27-30,43-44,49-51,53,57,62-73,95-96,111-112H,11-14,19,24-26,31-42,45-48,91-92H2,1-10H3,(H2,93,114)(H2,94,115)(H,97,119)(H,98,116)(H,99,118)(H,100,123)(H,101,117)(H,102,122)(H,103,120)(H,104,124)(H,105,121)/t51-,53+,57+,62-,63-,64-,65-,66-,67-,68-,69-,70-,71-,72-,73-/m0/s1. The van der Waals surface area contributed by atoms with Gasteiger partial charge in [-0.05, 0) is 118 Å². The number of hydrogen-bond donors (Lipinski definition) is 17. The number of phenols is 1. The maximum Gasteiger partial charge on any atom is 0.246 e. The zero-order valence-corrected chi connectivity index (χ0v) is 75.7. The highest BCUT2D eigenvalue weighted by molar-refractivity contribution is 6.02. The summed E-state index contributed by atoms with van der Waals surface area (Å²) in [5.74, 6) is -17.4. The molecular formula is C90H130N20O20. The van der Waals surface area contributed by atoms with Crippen LogP contribution in [-0.4, -0.2) is 297 Å². The number of aromatic hydroxyl groups is 1. The number of aliphatic hydroxyl groups is 1. The molecule has 3 fully saturated rings. The van der Waals surface area contributed by atoms with Crippen molar-refractivity contribution in [3.63, 3.8) is 0 Å². The molecular weight excluding hydrogens is 1680 g/mol. The Morgan fingerprint density at radius 3 is 1.67 bits per heavy atom. The number of aromatic amines is 2. The summed E-state index contributed by atoms with van der Waals surface area (Å²) in [5.41, 5.74) is 26.5. The van der Waals surface area contributed by atoms with Gasteiger partial charge in [0.1, 0.15) is 84.9 Å². The highest BCUT2D eigenvalue weighted by atomic mass is 16.5. The first kappa shape index (κ1) is 103. The number of likely N-dealkylation sites (N-methyl/N-ethyl adjacent to an activating group) is 3. The Labute approximate surface area is 755 Å². The van der Waals surface area contributed by atoms with Gasteiger partial charge in [0.2, 0.25) is 94.5 Å². The van der Waals surface area contributed by atoms with Crippen LogP contribution < -0.4 is 70.8 Å². The van der Waals surface area contributed by atoms with Crippen molar-refractivity contribution in [1.29, 1.82) is 0 Å². The number of nitrogens with two attached hydrogens (primary N) is 4. The molecule has 0 radical (unpaired) electrons. The highest BCUT2D eigenvalue weighted by Crippen LogP contribution is 2.30. The molecule has 5 heterocycles. The third-order valence-electron chi connectivity index (χ3n) is 23.9. The van der Waals surface area contributed by atoms with E-state index in [-0.39, 0.29) is 101 Å². The summed E-state index contributed by atoms with van der Waals surface area (Å²) in [6.45, 7) is 8.28. The minimum atomic E-state index is -1.77. The number of unbranched alkanes of at least 4 members (excludes halogenated alkanes) is 2. The van der Waals surface area contributed by atoms with Crippen LogP contribution in [0.2, 0.25) is 0 Å². The number of aliphatic hydroxyl groups excluding tert-OH is 1. The van der Waals surface area contributed by atoms with Crippen molar-refractivity contribution in [2.75, 3.05) is 67.1 Å². The van der Waals surface area contributed by atoms with E-state index in [4.69, 9.17) is 27.7 Å². The largest absolute Gasteiger partial charge is 0.508 e. The summed E-state index contributed by atoms with van der Waals surface area (Å²) >= 11 is 0. The third-order valence-corrected chi connectivity index (χ3v) is 23.9. The Kier molecular flexibility index (Phi) is 38.7. The number of H-pyrrole nitrogens is 2. The van der Waals surface area contributed by atoms with Crippen LogP contribution >= 0.6 is 0 Å². The molecule has 3 saturated heterocycles. The number of Topliss-reactive ketones (excluding diaryl/α,β-unsaturated/α-hetero) is 1. The van der Waals surface area contributed by atoms with Crippen LogP contribution in [0, 0.1) is 17.8 Å². The minimum absolute atomic E-state index is 0.00505. The molecule has 0 unspecified atom stereocenters. The van der Waals surface area contributed by atoms with Crippen LogP contribution in [-0.2, 0) is 106 Å². The molecule has 0 spiro atoms. The van der Waals surface area contributed by atoms with E-state index in [9.17, 15) is 58.2 Å². The molecule has 2 aromatic heterocycles. The number of carbonyl (C=O) groups excluding carboxylic acids is 17. The number of ether oxygens (including phenoxy) is 1. The van der Waals surface area contributed by atoms with Crippen molar-refractivity contribution in [3.8, 4) is 5.75 Å². The van der Waals surface area contributed by atoms with Gasteiger partial charge in [-0.15, -0.1) is 0 Å². The van der Waals surface area contributed by atoms with Crippen molar-refractivity contribution >= 4 is 122 Å². The number of rotatable bonds is 24. The summed E-state index contributed by atoms with van der Waals surface area (Å²) in [7, 11) is 3.98. The maximum absolute atomic E-state index is 15.8. The number of nitrogens with zero attached hydrogens (tertiary/aromatic N) is 5. The summed E-state index contributed by atoms with van der Waals surface area (Å²) in [6.07, 6.45) is 1.44. The number of benzene rings is 3. The van der Waals surface area contributed by atoms with Crippen molar-refractivity contribution < 1.29 is 96.5 Å². The number of carbonyl (C=O) groups is 17. The van der Waals surface area contributed by atoms with E-state index in [0.29, 0.717) is 64.2 Å². The van der Waals surface area contributed by atoms with Gasteiger partial charge >= 0.3 is 0 Å². The number of amides is 16. The van der Waals surface area contributed by atoms with Crippen molar-refractivity contribution in [2.24, 2.45) is 40.7 Å². The van der Waals surface area contributed by atoms with Crippen LogP contribution in [0.15, 0.2) is 85.2 Å². The van der Waals surface area contributed by atoms with Gasteiger partial charge in [0.25, 0.3) is 0 Å². The quantitative estimate of drug-likeness (QED) is 0.0337. The number of hydrogen-bond acceptors (Lipinski definition) is 22. The number of fused-ring (bicyclic) bond motifs is 4. The Morgan fingerprint density at radius 1 is 0.538 bits per heavy atom. The van der Waals surface area contributed by atoms with Gasteiger partial charge in [0.15, 0.2) is 5.78 Å². The third kappa shape index (κ3) is 28.3. The first-order valence-electron chi connectivity index (χ1n) is 44.5. The van der Waals surface area contributed by atoms with Crippen molar-refractivity contribution in [3.05, 3.63) is 102 Å². The molecule has 3 aliphatic heterocycles. The summed E-state index contributed by atoms with van der Waals surface area (Å²) < 4.78 is 5.77. The minimum Gasteiger partial charge on any atom is -0.508 e. The normalized spacial score (nSPS) is 25.4. The fourth-order valence-electron chi connectivity index (χ4n) is 16.6. The van der Waals surface area contributed by atoms with E-state index >= 15 is 33.6 Å². The molecule has 0 saturated carbocycles. The van der Waals surface area contributed by atoms with E-state index in [1.54, 1.807) is 64.4 Å². The van der Waals surface area contributed by atoms with Gasteiger partial charge in [-0.25, -0.2) is 0 Å². The molecule has 130 heavy (non-hydrogen) atoms. The summed E-state index contributed by atoms with van der Waals surface area (Å²) in [5, 5.41) is 46.7. The Hall–Kier alpha value is -12.4. The highest BCUT2D eigenvalue weighted by Gasteiger charge is 2.47. The second-order valence-corrected chi connectivity index (χ2v) is 34.8. The van der Waals surface area contributed by atoms with Crippen molar-refractivity contribution in [1.82, 2.24) is 82.3 Å². The van der Waals surface area contributed by atoms with Crippen LogP contribution in [0.3, 0.4) is 0 Å². The topological polar surface area (TPSA) is 600 Å². The average molecular weight is 1810 g/mol. The molecule has 8 rings (SSSR count). The SMILES string of the molecule is CCCC[C@H]1C(=O)N(C)[C@@H](CCCC)C(=O)N[C@@H](CC(C)C)C(=O)N[C@H](C(=O)NCC(N)=O)COCC(=O)N[C@@H](Cc2ccc(O)cc2)C(=O)N(C)[C@@H](C)C(=O)N[C@@H](CC(N)=O)C(=O)N2CCC[C@H]2C(=O)N[C@@H](CN)C(=O)N[C@@H](CC(C)C)C(=O)N2C[C@H](O)C[C@H]2C(=O)C[C@@H](Cc2c[nH]c3ccccc23)C(=O)N[C@@H](CCN)C(=O)N[C@@H](Cc2c[nH]c3ccccc23)C(=O)N1C. The molecule has 710 valence electrons. The van der Waals surface area contributed by atoms with E-state index in [2.05, 4.69) is 57.8 Å². The monoisotopic (exact) mass is 1810 g/mol. The summed E-state index contributed by atoms with van der Waals surface area (Å²) in [4.78, 5) is 261. The van der Waals surface area contributed by atoms with Gasteiger partial charge in [0, 0.05) is 107 Å². The van der Waals surface area contributed by atoms with Crippen LogP contribution in [0.25, 0.3) is 21.8 Å². The lowest BCUT2D eigenvalue weighted by Gasteiger charge is -2.36. The molecule has 40 heteroatoms. The van der Waals surface area contributed by atoms with Crippen LogP contribution in [0.4, 0.5) is 0 Å². The number of para-hydroxylation sites is 2. The zero-order valence-electron chi connectivity index (χ0n) is 75.7. The number of ketones is 1. The van der Waals surface area contributed by atoms with Gasteiger partial charge in [0.05, 0.1) is 31.7 Å². The van der Waals surface area contributed by atoms with Crippen molar-refractivity contribution in [2.45, 2.75) is 242 Å². The smallest absolute Gasteiger partial charge is 0.246 e. The lowest BCUT2D eigenvalue weighted by molar-refractivity contribution is -0.149. The molecule has 5 aromatic rings. The molecule has 3 aromatic carbocycles. The molecule has 16 amide bonds. The van der Waals surface area contributed by atoms with E-state index in [1.165, 1.54) is 62.1 Å². The number of phenolic OH excluding ortho intramolecular Hbond substituents is 1. The van der Waals surface area contributed by atoms with Crippen LogP contribution in [0.5, 0.6) is 5.75 Å². The molecule has 0 aliphatic carbocycles. The molecule has 40 nitrogen and oxygen atoms in total. The molecule has 21 N–H and O–H groups in total.